The number of carbonyl (C=O) groups excluding carboxylic acids is 2. The van der Waals surface area contributed by atoms with Gasteiger partial charge in [0.05, 0.1) is 6.61 Å². The van der Waals surface area contributed by atoms with Gasteiger partial charge >= 0.3 is 0 Å². The van der Waals surface area contributed by atoms with Crippen LogP contribution >= 0.6 is 0 Å². The molecular formula is C16H22N2O3. The van der Waals surface area contributed by atoms with Crippen LogP contribution in [0.1, 0.15) is 30.4 Å². The minimum atomic E-state index is -0.364. The van der Waals surface area contributed by atoms with Gasteiger partial charge in [-0.3, -0.25) is 9.59 Å². The van der Waals surface area contributed by atoms with E-state index in [1.807, 2.05) is 32.0 Å². The van der Waals surface area contributed by atoms with Crippen molar-refractivity contribution in [3.63, 3.8) is 0 Å². The van der Waals surface area contributed by atoms with E-state index >= 15 is 0 Å². The molecule has 5 heteroatoms. The molecule has 1 atom stereocenters. The quantitative estimate of drug-likeness (QED) is 0.780. The first kappa shape index (κ1) is 15.4. The van der Waals surface area contributed by atoms with Gasteiger partial charge in [-0.2, -0.15) is 0 Å². The number of hydrogen-bond acceptors (Lipinski definition) is 3. The summed E-state index contributed by atoms with van der Waals surface area (Å²) in [6.07, 6.45) is 1.76. The summed E-state index contributed by atoms with van der Waals surface area (Å²) >= 11 is 0. The minimum Gasteiger partial charge on any atom is -0.493 e. The van der Waals surface area contributed by atoms with Crippen molar-refractivity contribution in [3.05, 3.63) is 29.3 Å². The fourth-order valence-corrected chi connectivity index (χ4v) is 2.42. The highest BCUT2D eigenvalue weighted by molar-refractivity contribution is 5.90. The molecule has 1 aromatic carbocycles. The summed E-state index contributed by atoms with van der Waals surface area (Å²) in [5.41, 5.74) is 2.24. The Bertz CT molecular complexity index is 508. The molecule has 0 spiro atoms. The molecule has 1 aliphatic rings. The second kappa shape index (κ2) is 7.11. The van der Waals surface area contributed by atoms with Crippen molar-refractivity contribution in [2.45, 2.75) is 39.2 Å². The van der Waals surface area contributed by atoms with Crippen LogP contribution in [0.5, 0.6) is 5.75 Å². The highest BCUT2D eigenvalue weighted by Gasteiger charge is 2.26. The molecule has 21 heavy (non-hydrogen) atoms. The first-order chi connectivity index (χ1) is 10.1. The highest BCUT2D eigenvalue weighted by Crippen LogP contribution is 2.22. The molecular weight excluding hydrogens is 268 g/mol. The second-order valence-electron chi connectivity index (χ2n) is 5.37. The maximum atomic E-state index is 11.8. The van der Waals surface area contributed by atoms with Gasteiger partial charge in [0.15, 0.2) is 0 Å². The third-order valence-corrected chi connectivity index (χ3v) is 3.59. The molecule has 5 nitrogen and oxygen atoms in total. The maximum Gasteiger partial charge on any atom is 0.242 e. The van der Waals surface area contributed by atoms with Crippen molar-refractivity contribution in [2.24, 2.45) is 0 Å². The molecule has 2 rings (SSSR count). The molecule has 0 aliphatic carbocycles. The van der Waals surface area contributed by atoms with Gasteiger partial charge in [-0.05, 0) is 37.8 Å². The molecule has 1 unspecified atom stereocenters. The van der Waals surface area contributed by atoms with Crippen LogP contribution in [0.3, 0.4) is 0 Å². The van der Waals surface area contributed by atoms with Crippen molar-refractivity contribution < 1.29 is 14.3 Å². The number of ether oxygens (including phenoxy) is 1. The average Bonchev–Trinajstić information content (AvgIpc) is 2.88. The van der Waals surface area contributed by atoms with E-state index in [9.17, 15) is 9.59 Å². The lowest BCUT2D eigenvalue weighted by Gasteiger charge is -2.13. The zero-order valence-electron chi connectivity index (χ0n) is 12.6. The monoisotopic (exact) mass is 290 g/mol. The van der Waals surface area contributed by atoms with Crippen LogP contribution in [-0.4, -0.2) is 31.0 Å². The van der Waals surface area contributed by atoms with Crippen LogP contribution in [0.2, 0.25) is 0 Å². The zero-order valence-corrected chi connectivity index (χ0v) is 12.6. The van der Waals surface area contributed by atoms with Gasteiger partial charge in [0.25, 0.3) is 0 Å². The van der Waals surface area contributed by atoms with Crippen LogP contribution in [0.4, 0.5) is 0 Å². The third-order valence-electron chi connectivity index (χ3n) is 3.59. The lowest BCUT2D eigenvalue weighted by Crippen LogP contribution is -2.42. The van der Waals surface area contributed by atoms with E-state index in [-0.39, 0.29) is 17.9 Å². The van der Waals surface area contributed by atoms with Crippen LogP contribution in [0, 0.1) is 13.8 Å². The van der Waals surface area contributed by atoms with E-state index < -0.39 is 0 Å². The Balaban J connectivity index is 1.66. The molecule has 1 heterocycles. The van der Waals surface area contributed by atoms with Gasteiger partial charge in [0.2, 0.25) is 11.8 Å². The Morgan fingerprint density at radius 3 is 2.71 bits per heavy atom. The topological polar surface area (TPSA) is 67.4 Å². The van der Waals surface area contributed by atoms with Crippen molar-refractivity contribution in [1.29, 1.82) is 0 Å². The molecule has 0 radical (unpaired) electrons. The molecule has 0 aromatic heterocycles. The Hall–Kier alpha value is -2.04. The minimum absolute atomic E-state index is 0.0477. The SMILES string of the molecule is Cc1cccc(C)c1OCCCNC(=O)C1CCC(=O)N1. The van der Waals surface area contributed by atoms with Crippen molar-refractivity contribution in [1.82, 2.24) is 10.6 Å². The summed E-state index contributed by atoms with van der Waals surface area (Å²) < 4.78 is 5.77. The summed E-state index contributed by atoms with van der Waals surface area (Å²) in [6.45, 7) is 5.15. The summed E-state index contributed by atoms with van der Waals surface area (Å²) in [5.74, 6) is 0.772. The second-order valence-corrected chi connectivity index (χ2v) is 5.37. The van der Waals surface area contributed by atoms with Crippen LogP contribution < -0.4 is 15.4 Å². The summed E-state index contributed by atoms with van der Waals surface area (Å²) in [7, 11) is 0. The van der Waals surface area contributed by atoms with Crippen molar-refractivity contribution >= 4 is 11.8 Å². The summed E-state index contributed by atoms with van der Waals surface area (Å²) in [5, 5.41) is 5.48. The fourth-order valence-electron chi connectivity index (χ4n) is 2.42. The van der Waals surface area contributed by atoms with Gasteiger partial charge in [-0.1, -0.05) is 18.2 Å². The highest BCUT2D eigenvalue weighted by atomic mass is 16.5. The Morgan fingerprint density at radius 1 is 1.38 bits per heavy atom. The Morgan fingerprint density at radius 2 is 2.10 bits per heavy atom. The zero-order chi connectivity index (χ0) is 15.2. The largest absolute Gasteiger partial charge is 0.493 e. The number of carbonyl (C=O) groups is 2. The average molecular weight is 290 g/mol. The normalized spacial score (nSPS) is 17.4. The molecule has 1 fully saturated rings. The molecule has 1 aliphatic heterocycles. The van der Waals surface area contributed by atoms with Gasteiger partial charge in [0.1, 0.15) is 11.8 Å². The smallest absolute Gasteiger partial charge is 0.242 e. The standard InChI is InChI=1S/C16H22N2O3/c1-11-5-3-6-12(2)15(11)21-10-4-9-17-16(20)13-7-8-14(19)18-13/h3,5-6,13H,4,7-10H2,1-2H3,(H,17,20)(H,18,19). The van der Waals surface area contributed by atoms with Gasteiger partial charge in [0, 0.05) is 13.0 Å². The number of rotatable bonds is 6. The van der Waals surface area contributed by atoms with Crippen LogP contribution in [0.25, 0.3) is 0 Å². The summed E-state index contributed by atoms with van der Waals surface area (Å²) in [4.78, 5) is 22.8. The molecule has 0 saturated carbocycles. The Kier molecular flexibility index (Phi) is 5.20. The molecule has 1 aromatic rings. The van der Waals surface area contributed by atoms with Gasteiger partial charge < -0.3 is 15.4 Å². The van der Waals surface area contributed by atoms with E-state index in [1.54, 1.807) is 0 Å². The molecule has 2 N–H and O–H groups in total. The number of aryl methyl sites for hydroxylation is 2. The number of hydrogen-bond donors (Lipinski definition) is 2. The number of nitrogens with one attached hydrogen (secondary N) is 2. The maximum absolute atomic E-state index is 11.8. The number of amides is 2. The number of benzene rings is 1. The number of para-hydroxylation sites is 1. The molecule has 114 valence electrons. The third kappa shape index (κ3) is 4.21. The molecule has 2 amide bonds. The van der Waals surface area contributed by atoms with E-state index in [2.05, 4.69) is 10.6 Å². The van der Waals surface area contributed by atoms with Crippen LogP contribution in [0.15, 0.2) is 18.2 Å². The van der Waals surface area contributed by atoms with E-state index in [0.29, 0.717) is 26.0 Å². The molecule has 0 bridgehead atoms. The van der Waals surface area contributed by atoms with E-state index in [0.717, 1.165) is 23.3 Å². The predicted octanol–water partition coefficient (Wildman–Crippen LogP) is 1.47. The van der Waals surface area contributed by atoms with Crippen LogP contribution in [-0.2, 0) is 9.59 Å². The Labute approximate surface area is 125 Å². The fraction of sp³-hybridized carbons (Fsp3) is 0.500. The van der Waals surface area contributed by atoms with Crippen molar-refractivity contribution in [3.8, 4) is 5.75 Å². The predicted molar refractivity (Wildman–Crippen MR) is 80.2 cm³/mol. The first-order valence-electron chi connectivity index (χ1n) is 7.34. The van der Waals surface area contributed by atoms with E-state index in [4.69, 9.17) is 4.74 Å². The first-order valence-corrected chi connectivity index (χ1v) is 7.34. The van der Waals surface area contributed by atoms with Gasteiger partial charge in [-0.15, -0.1) is 0 Å². The lowest BCUT2D eigenvalue weighted by atomic mass is 10.1. The van der Waals surface area contributed by atoms with Crippen molar-refractivity contribution in [2.75, 3.05) is 13.2 Å². The van der Waals surface area contributed by atoms with E-state index in [1.165, 1.54) is 0 Å². The van der Waals surface area contributed by atoms with Gasteiger partial charge in [-0.25, -0.2) is 0 Å². The summed E-state index contributed by atoms with van der Waals surface area (Å²) in [6, 6.07) is 5.69. The molecule has 1 saturated heterocycles. The lowest BCUT2D eigenvalue weighted by molar-refractivity contribution is -0.125.